The maximum absolute atomic E-state index is 13.4. The van der Waals surface area contributed by atoms with E-state index in [4.69, 9.17) is 39.5 Å². The van der Waals surface area contributed by atoms with E-state index in [0.29, 0.717) is 23.6 Å². The molecule has 4 aromatic carbocycles. The van der Waals surface area contributed by atoms with Crippen LogP contribution in [0.4, 0.5) is 0 Å². The molecule has 50 heavy (non-hydrogen) atoms. The average Bonchev–Trinajstić information content (AvgIpc) is 3.38. The monoisotopic (exact) mass is 748 g/mol. The summed E-state index contributed by atoms with van der Waals surface area (Å²) in [6.07, 6.45) is 7.57. The third kappa shape index (κ3) is 8.28. The molecular formula is C39H35Cl3N2O5S. The molecule has 11 heteroatoms. The first-order valence-electron chi connectivity index (χ1n) is 16.1. The lowest BCUT2D eigenvalue weighted by molar-refractivity contribution is 0.0697. The van der Waals surface area contributed by atoms with Crippen LogP contribution in [0.3, 0.4) is 0 Å². The van der Waals surface area contributed by atoms with Gasteiger partial charge in [-0.3, -0.25) is 0 Å². The highest BCUT2D eigenvalue weighted by Gasteiger charge is 2.35. The molecule has 6 rings (SSSR count). The summed E-state index contributed by atoms with van der Waals surface area (Å²) in [6.45, 7) is 0.407. The minimum atomic E-state index is -3.77. The highest BCUT2D eigenvalue weighted by molar-refractivity contribution is 7.89. The Morgan fingerprint density at radius 2 is 1.56 bits per heavy atom. The van der Waals surface area contributed by atoms with Crippen molar-refractivity contribution in [2.75, 3.05) is 18.9 Å². The van der Waals surface area contributed by atoms with Crippen LogP contribution in [0.1, 0.15) is 38.8 Å². The van der Waals surface area contributed by atoms with Crippen LogP contribution in [-0.4, -0.2) is 47.3 Å². The highest BCUT2D eigenvalue weighted by Crippen LogP contribution is 2.38. The Labute approximate surface area is 306 Å². The van der Waals surface area contributed by atoms with Crippen molar-refractivity contribution in [2.45, 2.75) is 23.2 Å². The molecule has 1 aliphatic rings. The van der Waals surface area contributed by atoms with Crippen LogP contribution >= 0.6 is 34.8 Å². The fourth-order valence-corrected chi connectivity index (χ4v) is 8.58. The fraction of sp³-hybridized carbons (Fsp3) is 0.205. The van der Waals surface area contributed by atoms with E-state index < -0.39 is 26.2 Å². The molecule has 0 amide bonds. The number of ether oxygens (including phenoxy) is 1. The first-order chi connectivity index (χ1) is 24.0. The first-order valence-corrected chi connectivity index (χ1v) is 18.9. The van der Waals surface area contributed by atoms with E-state index in [1.54, 1.807) is 36.4 Å². The normalized spacial score (nSPS) is 15.5. The standard InChI is InChI=1S/C39H35Cl3N2O5S/c40-31-16-19-35-34(25-31)33(21-24-49-32-17-14-29(15-18-32)38(45)46)36(20-23-43-50(47,48)26-30-13-7-8-22-39(30,41)42)44(35)37(27-9-3-1-4-10-27)28-11-5-2-6-12-28/h1-19,22,25,30,37,43H,20-21,23-24,26H2,(H,45,46). The van der Waals surface area contributed by atoms with Gasteiger partial charge in [0.15, 0.2) is 0 Å². The number of nitrogens with zero attached hydrogens (tertiary/aromatic N) is 1. The molecule has 0 fully saturated rings. The number of hydrogen-bond donors (Lipinski definition) is 2. The number of carbonyl (C=O) groups is 1. The van der Waals surface area contributed by atoms with Crippen LogP contribution in [0, 0.1) is 5.92 Å². The highest BCUT2D eigenvalue weighted by atomic mass is 35.5. The Morgan fingerprint density at radius 1 is 0.900 bits per heavy atom. The number of allylic oxidation sites excluding steroid dienone is 4. The Bertz CT molecular complexity index is 2090. The zero-order chi connectivity index (χ0) is 35.3. The first kappa shape index (κ1) is 35.8. The summed E-state index contributed by atoms with van der Waals surface area (Å²) < 4.78 is 36.6. The maximum Gasteiger partial charge on any atom is 0.335 e. The minimum Gasteiger partial charge on any atom is -0.493 e. The molecule has 0 radical (unpaired) electrons. The van der Waals surface area contributed by atoms with E-state index in [1.807, 2.05) is 54.6 Å². The molecule has 5 aromatic rings. The van der Waals surface area contributed by atoms with Gasteiger partial charge in [-0.2, -0.15) is 0 Å². The summed E-state index contributed by atoms with van der Waals surface area (Å²) in [7, 11) is -3.77. The SMILES string of the molecule is O=C(O)c1ccc(OCCc2c(CCNS(=O)(=O)CC3C=CC=CC3(Cl)Cl)n(C(c3ccccc3)c3ccccc3)c3ccc(Cl)cc23)cc1. The summed E-state index contributed by atoms with van der Waals surface area (Å²) in [6, 6.07) is 32.2. The molecule has 1 heterocycles. The molecule has 0 aliphatic heterocycles. The van der Waals surface area contributed by atoms with Crippen LogP contribution in [0.25, 0.3) is 10.9 Å². The third-order valence-electron chi connectivity index (χ3n) is 8.74. The van der Waals surface area contributed by atoms with Crippen molar-refractivity contribution in [3.63, 3.8) is 0 Å². The lowest BCUT2D eigenvalue weighted by atomic mass is 9.97. The molecule has 7 nitrogen and oxygen atoms in total. The molecule has 0 bridgehead atoms. The number of rotatable bonds is 14. The zero-order valence-corrected chi connectivity index (χ0v) is 30.0. The van der Waals surface area contributed by atoms with E-state index in [0.717, 1.165) is 33.3 Å². The molecule has 1 aromatic heterocycles. The van der Waals surface area contributed by atoms with Crippen molar-refractivity contribution < 1.29 is 23.1 Å². The largest absolute Gasteiger partial charge is 0.493 e. The van der Waals surface area contributed by atoms with Crippen LogP contribution in [0.5, 0.6) is 5.75 Å². The van der Waals surface area contributed by atoms with E-state index in [2.05, 4.69) is 33.6 Å². The van der Waals surface area contributed by atoms with Gasteiger partial charge < -0.3 is 14.4 Å². The Morgan fingerprint density at radius 3 is 2.18 bits per heavy atom. The summed E-state index contributed by atoms with van der Waals surface area (Å²) in [4.78, 5) is 11.3. The number of sulfonamides is 1. The number of halogens is 3. The number of aromatic nitrogens is 1. The fourth-order valence-electron chi connectivity index (χ4n) is 6.40. The second kappa shape index (κ2) is 15.5. The molecule has 0 spiro atoms. The van der Waals surface area contributed by atoms with Gasteiger partial charge in [0, 0.05) is 46.9 Å². The van der Waals surface area contributed by atoms with E-state index in [-0.39, 0.29) is 30.5 Å². The smallest absolute Gasteiger partial charge is 0.335 e. The summed E-state index contributed by atoms with van der Waals surface area (Å²) in [5.41, 5.74) is 5.14. The van der Waals surface area contributed by atoms with Gasteiger partial charge in [0.1, 0.15) is 10.1 Å². The minimum absolute atomic E-state index is 0.122. The number of nitrogens with one attached hydrogen (secondary N) is 1. The molecular weight excluding hydrogens is 715 g/mol. The number of fused-ring (bicyclic) bond motifs is 1. The molecule has 1 aliphatic carbocycles. The van der Waals surface area contributed by atoms with Gasteiger partial charge in [0.25, 0.3) is 0 Å². The van der Waals surface area contributed by atoms with Crippen molar-refractivity contribution in [2.24, 2.45) is 5.92 Å². The molecule has 1 unspecified atom stereocenters. The van der Waals surface area contributed by atoms with E-state index in [1.165, 1.54) is 12.1 Å². The number of carboxylic acid groups (broad SMARTS) is 1. The lowest BCUT2D eigenvalue weighted by Crippen LogP contribution is -2.37. The van der Waals surface area contributed by atoms with Gasteiger partial charge in [-0.15, -0.1) is 0 Å². The van der Waals surface area contributed by atoms with Gasteiger partial charge in [-0.05, 0) is 65.2 Å². The van der Waals surface area contributed by atoms with Crippen LogP contribution in [0.2, 0.25) is 5.02 Å². The maximum atomic E-state index is 13.4. The summed E-state index contributed by atoms with van der Waals surface area (Å²) in [5.74, 6) is -1.35. The third-order valence-corrected chi connectivity index (χ3v) is 11.2. The van der Waals surface area contributed by atoms with Crippen LogP contribution in [-0.2, 0) is 22.9 Å². The topological polar surface area (TPSA) is 97.6 Å². The molecule has 0 saturated carbocycles. The number of aromatic carboxylic acids is 1. The van der Waals surface area contributed by atoms with Crippen molar-refractivity contribution in [1.29, 1.82) is 0 Å². The zero-order valence-electron chi connectivity index (χ0n) is 26.9. The number of hydrogen-bond acceptors (Lipinski definition) is 4. The van der Waals surface area contributed by atoms with Crippen LogP contribution < -0.4 is 9.46 Å². The summed E-state index contributed by atoms with van der Waals surface area (Å²) >= 11 is 19.4. The predicted molar refractivity (Wildman–Crippen MR) is 201 cm³/mol. The molecule has 0 saturated heterocycles. The average molecular weight is 750 g/mol. The van der Waals surface area contributed by atoms with Crippen molar-refractivity contribution in [1.82, 2.24) is 9.29 Å². The van der Waals surface area contributed by atoms with E-state index in [9.17, 15) is 18.3 Å². The number of benzene rings is 4. The van der Waals surface area contributed by atoms with Gasteiger partial charge in [0.05, 0.1) is 24.0 Å². The second-order valence-electron chi connectivity index (χ2n) is 12.1. The van der Waals surface area contributed by atoms with Crippen LogP contribution in [0.15, 0.2) is 127 Å². The van der Waals surface area contributed by atoms with Crippen molar-refractivity contribution in [3.8, 4) is 5.75 Å². The van der Waals surface area contributed by atoms with Gasteiger partial charge in [-0.25, -0.2) is 17.9 Å². The molecule has 1 atom stereocenters. The van der Waals surface area contributed by atoms with Gasteiger partial charge in [0.2, 0.25) is 10.0 Å². The predicted octanol–water partition coefficient (Wildman–Crippen LogP) is 8.63. The number of carboxylic acids is 1. The number of alkyl halides is 2. The van der Waals surface area contributed by atoms with E-state index >= 15 is 0 Å². The second-order valence-corrected chi connectivity index (χ2v) is 15.8. The lowest BCUT2D eigenvalue weighted by Gasteiger charge is -2.27. The van der Waals surface area contributed by atoms with Crippen molar-refractivity contribution in [3.05, 3.63) is 160 Å². The van der Waals surface area contributed by atoms with Gasteiger partial charge in [-0.1, -0.05) is 114 Å². The Kier molecular flexibility index (Phi) is 11.1. The Balaban J connectivity index is 1.39. The summed E-state index contributed by atoms with van der Waals surface area (Å²) in [5, 5.41) is 10.8. The Hall–Kier alpha value is -4.05. The quantitative estimate of drug-likeness (QED) is 0.111. The molecule has 258 valence electrons. The van der Waals surface area contributed by atoms with Gasteiger partial charge >= 0.3 is 5.97 Å². The molecule has 2 N–H and O–H groups in total. The van der Waals surface area contributed by atoms with Crippen molar-refractivity contribution >= 4 is 61.7 Å².